The monoisotopic (exact) mass is 181 g/mol. The Kier molecular flexibility index (Phi) is 4.63. The zero-order valence-corrected chi connectivity index (χ0v) is 7.47. The van der Waals surface area contributed by atoms with Crippen LogP contribution < -0.4 is 5.73 Å². The molecule has 1 unspecified atom stereocenters. The predicted octanol–water partition coefficient (Wildman–Crippen LogP) is 0.739. The van der Waals surface area contributed by atoms with E-state index in [1.807, 2.05) is 6.92 Å². The van der Waals surface area contributed by atoms with Gasteiger partial charge in [-0.1, -0.05) is 26.2 Å². The van der Waals surface area contributed by atoms with Gasteiger partial charge in [-0.2, -0.15) is 8.42 Å². The predicted molar refractivity (Wildman–Crippen MR) is 43.7 cm³/mol. The summed E-state index contributed by atoms with van der Waals surface area (Å²) >= 11 is 0. The van der Waals surface area contributed by atoms with E-state index >= 15 is 0 Å². The maximum absolute atomic E-state index is 10.4. The van der Waals surface area contributed by atoms with E-state index in [0.717, 1.165) is 19.3 Å². The van der Waals surface area contributed by atoms with Crippen LogP contribution in [0.25, 0.3) is 0 Å². The molecular weight excluding hydrogens is 166 g/mol. The van der Waals surface area contributed by atoms with Gasteiger partial charge < -0.3 is 5.73 Å². The van der Waals surface area contributed by atoms with E-state index in [1.165, 1.54) is 0 Å². The number of unbranched alkanes of at least 4 members (excludes halogenated alkanes) is 2. The Morgan fingerprint density at radius 2 is 2.00 bits per heavy atom. The molecule has 0 heterocycles. The maximum atomic E-state index is 10.4. The minimum absolute atomic E-state index is 0.340. The van der Waals surface area contributed by atoms with Gasteiger partial charge in [0, 0.05) is 0 Å². The molecule has 0 amide bonds. The van der Waals surface area contributed by atoms with Crippen molar-refractivity contribution in [3.05, 3.63) is 0 Å². The van der Waals surface area contributed by atoms with Crippen LogP contribution in [-0.4, -0.2) is 18.3 Å². The summed E-state index contributed by atoms with van der Waals surface area (Å²) in [5.41, 5.74) is 5.15. The zero-order valence-electron chi connectivity index (χ0n) is 6.66. The van der Waals surface area contributed by atoms with Gasteiger partial charge in [0.1, 0.15) is 5.37 Å². The molecule has 0 bridgehead atoms. The molecule has 0 aromatic carbocycles. The van der Waals surface area contributed by atoms with Crippen molar-refractivity contribution in [3.8, 4) is 0 Å². The molecule has 0 aliphatic rings. The topological polar surface area (TPSA) is 80.4 Å². The van der Waals surface area contributed by atoms with E-state index in [1.54, 1.807) is 0 Å². The Labute approximate surface area is 67.5 Å². The molecule has 0 aromatic rings. The van der Waals surface area contributed by atoms with Crippen LogP contribution in [-0.2, 0) is 10.1 Å². The summed E-state index contributed by atoms with van der Waals surface area (Å²) in [6.07, 6.45) is 3.05. The lowest BCUT2D eigenvalue weighted by Gasteiger charge is -2.06. The van der Waals surface area contributed by atoms with E-state index < -0.39 is 15.5 Å². The summed E-state index contributed by atoms with van der Waals surface area (Å²) in [5.74, 6) is 0. The molecule has 0 aliphatic carbocycles. The van der Waals surface area contributed by atoms with Gasteiger partial charge in [0.25, 0.3) is 10.1 Å². The molecule has 1 atom stereocenters. The molecule has 0 aliphatic heterocycles. The van der Waals surface area contributed by atoms with Gasteiger partial charge >= 0.3 is 0 Å². The smallest absolute Gasteiger partial charge is 0.280 e. The van der Waals surface area contributed by atoms with E-state index in [4.69, 9.17) is 10.3 Å². The van der Waals surface area contributed by atoms with Crippen molar-refractivity contribution in [3.63, 3.8) is 0 Å². The van der Waals surface area contributed by atoms with Crippen LogP contribution in [0.1, 0.15) is 32.6 Å². The highest BCUT2D eigenvalue weighted by molar-refractivity contribution is 7.86. The van der Waals surface area contributed by atoms with E-state index in [2.05, 4.69) is 0 Å². The average molecular weight is 181 g/mol. The van der Waals surface area contributed by atoms with E-state index in [-0.39, 0.29) is 0 Å². The van der Waals surface area contributed by atoms with Gasteiger partial charge in [-0.15, -0.1) is 0 Å². The normalized spacial score (nSPS) is 14.8. The van der Waals surface area contributed by atoms with Crippen LogP contribution in [0.4, 0.5) is 0 Å². The summed E-state index contributed by atoms with van der Waals surface area (Å²) in [6.45, 7) is 2.01. The van der Waals surface area contributed by atoms with Crippen LogP contribution >= 0.6 is 0 Å². The molecular formula is C6H15NO3S. The van der Waals surface area contributed by atoms with Gasteiger partial charge in [-0.05, 0) is 6.42 Å². The molecule has 0 spiro atoms. The maximum Gasteiger partial charge on any atom is 0.280 e. The number of hydrogen-bond acceptors (Lipinski definition) is 3. The largest absolute Gasteiger partial charge is 0.313 e. The molecule has 68 valence electrons. The van der Waals surface area contributed by atoms with Crippen LogP contribution in [0.15, 0.2) is 0 Å². The van der Waals surface area contributed by atoms with Crippen molar-refractivity contribution in [1.82, 2.24) is 0 Å². The highest BCUT2D eigenvalue weighted by Crippen LogP contribution is 2.04. The summed E-state index contributed by atoms with van der Waals surface area (Å²) in [6, 6.07) is 0. The Morgan fingerprint density at radius 3 is 2.36 bits per heavy atom. The average Bonchev–Trinajstić information content (AvgIpc) is 1.86. The molecule has 3 N–H and O–H groups in total. The number of hydrogen-bond donors (Lipinski definition) is 2. The molecule has 11 heavy (non-hydrogen) atoms. The summed E-state index contributed by atoms with van der Waals surface area (Å²) in [7, 11) is -4.01. The standard InChI is InChI=1S/C6H15NO3S/c1-2-3-4-5-6(7)11(8,9)10/h6H,2-5,7H2,1H3,(H,8,9,10). The molecule has 0 saturated carbocycles. The lowest BCUT2D eigenvalue weighted by molar-refractivity contribution is 0.459. The first-order valence-corrected chi connectivity index (χ1v) is 5.20. The molecule has 5 heteroatoms. The van der Waals surface area contributed by atoms with Gasteiger partial charge in [0.15, 0.2) is 0 Å². The van der Waals surface area contributed by atoms with Crippen molar-refractivity contribution in [2.24, 2.45) is 5.73 Å². The Bertz CT molecular complexity index is 188. The number of rotatable bonds is 5. The fourth-order valence-corrected chi connectivity index (χ4v) is 1.21. The Hall–Kier alpha value is -0.130. The third kappa shape index (κ3) is 5.17. The molecule has 0 aromatic heterocycles. The van der Waals surface area contributed by atoms with Crippen molar-refractivity contribution in [2.45, 2.75) is 38.0 Å². The van der Waals surface area contributed by atoms with Crippen LogP contribution in [0.2, 0.25) is 0 Å². The first-order valence-electron chi connectivity index (χ1n) is 3.70. The highest BCUT2D eigenvalue weighted by atomic mass is 32.2. The lowest BCUT2D eigenvalue weighted by Crippen LogP contribution is -2.29. The van der Waals surface area contributed by atoms with Crippen molar-refractivity contribution >= 4 is 10.1 Å². The van der Waals surface area contributed by atoms with Crippen LogP contribution in [0, 0.1) is 0 Å². The van der Waals surface area contributed by atoms with Crippen molar-refractivity contribution in [1.29, 1.82) is 0 Å². The molecule has 0 fully saturated rings. The molecule has 0 rings (SSSR count). The van der Waals surface area contributed by atoms with Crippen LogP contribution in [0.3, 0.4) is 0 Å². The SMILES string of the molecule is CCCCCC(N)S(=O)(=O)O. The minimum atomic E-state index is -4.01. The second kappa shape index (κ2) is 4.69. The second-order valence-corrected chi connectivity index (χ2v) is 4.18. The number of nitrogens with two attached hydrogens (primary N) is 1. The molecule has 0 saturated heterocycles. The van der Waals surface area contributed by atoms with Gasteiger partial charge in [0.2, 0.25) is 0 Å². The Balaban J connectivity index is 3.62. The summed E-state index contributed by atoms with van der Waals surface area (Å²) in [5, 5.41) is -1.10. The van der Waals surface area contributed by atoms with Gasteiger partial charge in [-0.3, -0.25) is 4.55 Å². The first kappa shape index (κ1) is 10.9. The first-order chi connectivity index (χ1) is 4.98. The second-order valence-electron chi connectivity index (χ2n) is 2.55. The fourth-order valence-electron chi connectivity index (χ4n) is 0.744. The summed E-state index contributed by atoms with van der Waals surface area (Å²) in [4.78, 5) is 0. The van der Waals surface area contributed by atoms with Crippen molar-refractivity contribution in [2.75, 3.05) is 0 Å². The lowest BCUT2D eigenvalue weighted by atomic mass is 10.2. The third-order valence-corrected chi connectivity index (χ3v) is 2.48. The fraction of sp³-hybridized carbons (Fsp3) is 1.00. The van der Waals surface area contributed by atoms with E-state index in [9.17, 15) is 8.42 Å². The zero-order chi connectivity index (χ0) is 8.91. The van der Waals surface area contributed by atoms with Gasteiger partial charge in [0.05, 0.1) is 0 Å². The molecule has 0 radical (unpaired) electrons. The third-order valence-electron chi connectivity index (χ3n) is 1.47. The quantitative estimate of drug-likeness (QED) is 0.484. The molecule has 4 nitrogen and oxygen atoms in total. The Morgan fingerprint density at radius 1 is 1.45 bits per heavy atom. The van der Waals surface area contributed by atoms with Crippen LogP contribution in [0.5, 0.6) is 0 Å². The van der Waals surface area contributed by atoms with Crippen molar-refractivity contribution < 1.29 is 13.0 Å². The highest BCUT2D eigenvalue weighted by Gasteiger charge is 2.16. The summed E-state index contributed by atoms with van der Waals surface area (Å²) < 4.78 is 29.1. The van der Waals surface area contributed by atoms with Gasteiger partial charge in [-0.25, -0.2) is 0 Å². The minimum Gasteiger partial charge on any atom is -0.313 e. The van der Waals surface area contributed by atoms with E-state index in [0.29, 0.717) is 6.42 Å².